The van der Waals surface area contributed by atoms with Gasteiger partial charge in [0.05, 0.1) is 21.3 Å². The number of hydrogen-bond donors (Lipinski definition) is 2. The maximum Gasteiger partial charge on any atom is 0.273 e. The molecule has 144 valence electrons. The number of rotatable bonds is 6. The Labute approximate surface area is 164 Å². The number of H-pyrrole nitrogens is 1. The lowest BCUT2D eigenvalue weighted by molar-refractivity contribution is 0.0933. The second-order valence-electron chi connectivity index (χ2n) is 6.25. The Bertz CT molecular complexity index is 1130. The molecular formula is C18H18N6O3S. The van der Waals surface area contributed by atoms with E-state index in [0.29, 0.717) is 23.3 Å². The van der Waals surface area contributed by atoms with Gasteiger partial charge in [-0.1, -0.05) is 0 Å². The van der Waals surface area contributed by atoms with Crippen LogP contribution in [0.4, 0.5) is 0 Å². The summed E-state index contributed by atoms with van der Waals surface area (Å²) < 4.78 is 12.2. The first kappa shape index (κ1) is 18.1. The van der Waals surface area contributed by atoms with E-state index in [-0.39, 0.29) is 24.2 Å². The molecule has 0 aliphatic carbocycles. The van der Waals surface area contributed by atoms with Gasteiger partial charge in [-0.25, -0.2) is 15.0 Å². The van der Waals surface area contributed by atoms with Crippen molar-refractivity contribution < 1.29 is 13.9 Å². The maximum absolute atomic E-state index is 12.3. The standard InChI is InChI=1S/C18H18N6O3S/c1-9(17-20-10(2)23-24-17)19-18(25)14-7-27-16(22-14)8-26-12-4-5-15-13(6-12)21-11(3)28-15/h4-7,9H,8H2,1-3H3,(H,19,25)(H,20,23,24). The average Bonchev–Trinajstić information content (AvgIpc) is 3.38. The molecule has 10 heteroatoms. The third-order valence-electron chi connectivity index (χ3n) is 3.96. The maximum atomic E-state index is 12.3. The van der Waals surface area contributed by atoms with Gasteiger partial charge in [0.1, 0.15) is 17.8 Å². The van der Waals surface area contributed by atoms with Crippen molar-refractivity contribution in [3.05, 3.63) is 52.7 Å². The van der Waals surface area contributed by atoms with Crippen molar-refractivity contribution in [1.29, 1.82) is 0 Å². The molecule has 9 nitrogen and oxygen atoms in total. The minimum Gasteiger partial charge on any atom is -0.484 e. The molecule has 28 heavy (non-hydrogen) atoms. The van der Waals surface area contributed by atoms with Gasteiger partial charge in [0, 0.05) is 6.07 Å². The summed E-state index contributed by atoms with van der Waals surface area (Å²) in [5.74, 6) is 1.79. The van der Waals surface area contributed by atoms with Crippen LogP contribution in [0.5, 0.6) is 5.75 Å². The van der Waals surface area contributed by atoms with Crippen LogP contribution in [-0.2, 0) is 6.61 Å². The van der Waals surface area contributed by atoms with E-state index in [4.69, 9.17) is 9.15 Å². The van der Waals surface area contributed by atoms with E-state index < -0.39 is 0 Å². The number of carbonyl (C=O) groups excluding carboxylic acids is 1. The van der Waals surface area contributed by atoms with Gasteiger partial charge in [0.2, 0.25) is 5.89 Å². The summed E-state index contributed by atoms with van der Waals surface area (Å²) in [5.41, 5.74) is 1.06. The summed E-state index contributed by atoms with van der Waals surface area (Å²) >= 11 is 1.63. The predicted molar refractivity (Wildman–Crippen MR) is 102 cm³/mol. The number of amides is 1. The molecule has 3 aromatic heterocycles. The van der Waals surface area contributed by atoms with Crippen molar-refractivity contribution in [3.63, 3.8) is 0 Å². The number of ether oxygens (including phenoxy) is 1. The number of nitrogens with one attached hydrogen (secondary N) is 2. The van der Waals surface area contributed by atoms with E-state index in [1.165, 1.54) is 6.26 Å². The van der Waals surface area contributed by atoms with Crippen LogP contribution in [0.2, 0.25) is 0 Å². The summed E-state index contributed by atoms with van der Waals surface area (Å²) in [6.45, 7) is 5.66. The molecule has 0 saturated carbocycles. The minimum absolute atomic E-state index is 0.109. The summed E-state index contributed by atoms with van der Waals surface area (Å²) in [5, 5.41) is 10.6. The number of aryl methyl sites for hydroxylation is 2. The van der Waals surface area contributed by atoms with E-state index in [1.807, 2.05) is 25.1 Å². The zero-order valence-electron chi connectivity index (χ0n) is 15.5. The first-order valence-electron chi connectivity index (χ1n) is 8.62. The van der Waals surface area contributed by atoms with E-state index in [0.717, 1.165) is 15.2 Å². The van der Waals surface area contributed by atoms with Gasteiger partial charge in [-0.15, -0.1) is 11.3 Å². The Morgan fingerprint density at radius 3 is 2.96 bits per heavy atom. The van der Waals surface area contributed by atoms with Crippen molar-refractivity contribution >= 4 is 27.5 Å². The lowest BCUT2D eigenvalue weighted by atomic mass is 10.3. The molecule has 0 aliphatic rings. The Balaban J connectivity index is 1.37. The second kappa shape index (κ2) is 7.39. The number of benzene rings is 1. The fraction of sp³-hybridized carbons (Fsp3) is 0.278. The average molecular weight is 398 g/mol. The van der Waals surface area contributed by atoms with Crippen molar-refractivity contribution in [2.24, 2.45) is 0 Å². The third-order valence-corrected chi connectivity index (χ3v) is 4.91. The molecule has 1 aromatic carbocycles. The van der Waals surface area contributed by atoms with Crippen molar-refractivity contribution in [3.8, 4) is 5.75 Å². The molecule has 0 bridgehead atoms. The van der Waals surface area contributed by atoms with Crippen LogP contribution in [0, 0.1) is 13.8 Å². The fourth-order valence-electron chi connectivity index (χ4n) is 2.63. The van der Waals surface area contributed by atoms with E-state index >= 15 is 0 Å². The zero-order valence-corrected chi connectivity index (χ0v) is 16.3. The van der Waals surface area contributed by atoms with Gasteiger partial charge in [-0.05, 0) is 32.9 Å². The number of oxazole rings is 1. The van der Waals surface area contributed by atoms with Gasteiger partial charge in [0.25, 0.3) is 5.91 Å². The van der Waals surface area contributed by atoms with Gasteiger partial charge < -0.3 is 14.5 Å². The monoisotopic (exact) mass is 398 g/mol. The Morgan fingerprint density at radius 1 is 1.32 bits per heavy atom. The molecule has 0 saturated heterocycles. The van der Waals surface area contributed by atoms with Gasteiger partial charge in [-0.3, -0.25) is 9.89 Å². The van der Waals surface area contributed by atoms with Gasteiger partial charge >= 0.3 is 0 Å². The van der Waals surface area contributed by atoms with Crippen molar-refractivity contribution in [1.82, 2.24) is 30.5 Å². The number of nitrogens with zero attached hydrogens (tertiary/aromatic N) is 4. The molecule has 2 N–H and O–H groups in total. The number of carbonyl (C=O) groups is 1. The number of aromatic amines is 1. The zero-order chi connectivity index (χ0) is 19.7. The lowest BCUT2D eigenvalue weighted by Gasteiger charge is -2.08. The van der Waals surface area contributed by atoms with E-state index in [9.17, 15) is 4.79 Å². The molecule has 1 amide bonds. The molecule has 0 fully saturated rings. The van der Waals surface area contributed by atoms with E-state index in [2.05, 4.69) is 30.5 Å². The number of fused-ring (bicyclic) bond motifs is 1. The summed E-state index contributed by atoms with van der Waals surface area (Å²) in [6.07, 6.45) is 1.30. The molecule has 0 aliphatic heterocycles. The number of thiazole rings is 1. The molecule has 1 unspecified atom stereocenters. The van der Waals surface area contributed by atoms with Crippen LogP contribution in [0.25, 0.3) is 10.2 Å². The lowest BCUT2D eigenvalue weighted by Crippen LogP contribution is -2.27. The third kappa shape index (κ3) is 3.86. The Kier molecular flexibility index (Phi) is 4.78. The minimum atomic E-state index is -0.371. The number of hydrogen-bond acceptors (Lipinski definition) is 8. The quantitative estimate of drug-likeness (QED) is 0.512. The first-order chi connectivity index (χ1) is 13.5. The molecular weight excluding hydrogens is 380 g/mol. The fourth-order valence-corrected chi connectivity index (χ4v) is 3.44. The highest BCUT2D eigenvalue weighted by Gasteiger charge is 2.18. The Hall–Kier alpha value is -3.27. The predicted octanol–water partition coefficient (Wildman–Crippen LogP) is 3.09. The van der Waals surface area contributed by atoms with Crippen LogP contribution in [0.15, 0.2) is 28.9 Å². The van der Waals surface area contributed by atoms with Gasteiger partial charge in [0.15, 0.2) is 18.1 Å². The van der Waals surface area contributed by atoms with Crippen LogP contribution >= 0.6 is 11.3 Å². The van der Waals surface area contributed by atoms with Crippen molar-refractivity contribution in [2.75, 3.05) is 0 Å². The van der Waals surface area contributed by atoms with Crippen LogP contribution < -0.4 is 10.1 Å². The first-order valence-corrected chi connectivity index (χ1v) is 9.44. The molecule has 4 rings (SSSR count). The van der Waals surface area contributed by atoms with Crippen LogP contribution in [-0.4, -0.2) is 31.1 Å². The molecule has 3 heterocycles. The van der Waals surface area contributed by atoms with Crippen molar-refractivity contribution in [2.45, 2.75) is 33.4 Å². The number of aromatic nitrogens is 5. The summed E-state index contributed by atoms with van der Waals surface area (Å²) in [6, 6.07) is 5.35. The topological polar surface area (TPSA) is 119 Å². The molecule has 0 spiro atoms. The van der Waals surface area contributed by atoms with Crippen LogP contribution in [0.3, 0.4) is 0 Å². The normalized spacial score (nSPS) is 12.2. The molecule has 4 aromatic rings. The summed E-state index contributed by atoms with van der Waals surface area (Å²) in [4.78, 5) is 25.1. The largest absolute Gasteiger partial charge is 0.484 e. The SMILES string of the molecule is Cc1nc(C(C)NC(=O)c2coc(COc3ccc4sc(C)nc4c3)n2)n[nH]1. The van der Waals surface area contributed by atoms with Crippen LogP contribution in [0.1, 0.15) is 46.0 Å². The molecule has 1 atom stereocenters. The summed E-state index contributed by atoms with van der Waals surface area (Å²) in [7, 11) is 0. The Morgan fingerprint density at radius 2 is 2.18 bits per heavy atom. The van der Waals surface area contributed by atoms with E-state index in [1.54, 1.807) is 25.2 Å². The highest BCUT2D eigenvalue weighted by atomic mass is 32.1. The molecule has 0 radical (unpaired) electrons. The second-order valence-corrected chi connectivity index (χ2v) is 7.49. The van der Waals surface area contributed by atoms with Gasteiger partial charge in [-0.2, -0.15) is 5.10 Å². The smallest absolute Gasteiger partial charge is 0.273 e. The highest BCUT2D eigenvalue weighted by Crippen LogP contribution is 2.26. The highest BCUT2D eigenvalue weighted by molar-refractivity contribution is 7.18.